The zero-order chi connectivity index (χ0) is 29.7. The van der Waals surface area contributed by atoms with E-state index in [1.807, 2.05) is 103 Å². The highest BCUT2D eigenvalue weighted by Gasteiger charge is 2.33. The van der Waals surface area contributed by atoms with Gasteiger partial charge in [-0.1, -0.05) is 91.0 Å². The number of nitriles is 1. The maximum absolute atomic E-state index is 9.81. The molecule has 0 saturated heterocycles. The van der Waals surface area contributed by atoms with E-state index in [0.717, 1.165) is 22.4 Å². The molecule has 2 heterocycles. The Kier molecular flexibility index (Phi) is 10.8. The Morgan fingerprint density at radius 3 is 1.91 bits per heavy atom. The molecule has 2 aromatic heterocycles. The van der Waals surface area contributed by atoms with Crippen LogP contribution in [0.2, 0.25) is 0 Å². The van der Waals surface area contributed by atoms with Crippen molar-refractivity contribution < 1.29 is 18.9 Å². The van der Waals surface area contributed by atoms with Crippen LogP contribution in [0.5, 0.6) is 0 Å². The van der Waals surface area contributed by atoms with Crippen molar-refractivity contribution in [2.75, 3.05) is 12.3 Å². The third-order valence-electron chi connectivity index (χ3n) is 7.02. The molecule has 3 atom stereocenters. The molecule has 2 N–H and O–H groups in total. The van der Waals surface area contributed by atoms with Gasteiger partial charge in [0.05, 0.1) is 57.3 Å². The Bertz CT molecular complexity index is 1570. The van der Waals surface area contributed by atoms with E-state index < -0.39 is 18.3 Å². The summed E-state index contributed by atoms with van der Waals surface area (Å²) < 4.78 is 27.3. The standard InChI is InChI=1S/C34H35N5O4/c35-19-18-31(41-21-27-12-6-2-7-13-27)33(43-22-28-14-8-3-9-15-28)32(24-40-20-26-10-4-1-5-11-26)42-23-29-16-17-30-34(36)37-25-38-39(29)30/h1-17,25,31-33H,18,20-24H2,(H2,36,37,38)/t31-,32+,33-/m0/s1. The summed E-state index contributed by atoms with van der Waals surface area (Å²) in [7, 11) is 0. The van der Waals surface area contributed by atoms with Crippen molar-refractivity contribution in [1.82, 2.24) is 14.6 Å². The number of rotatable bonds is 16. The molecule has 5 rings (SSSR count). The molecule has 9 heteroatoms. The van der Waals surface area contributed by atoms with Crippen LogP contribution in [-0.4, -0.2) is 39.5 Å². The van der Waals surface area contributed by atoms with Crippen molar-refractivity contribution >= 4 is 11.3 Å². The quantitative estimate of drug-likeness (QED) is 0.163. The summed E-state index contributed by atoms with van der Waals surface area (Å²) in [6, 6.07) is 35.8. The smallest absolute Gasteiger partial charge is 0.151 e. The molecule has 0 fully saturated rings. The first-order chi connectivity index (χ1) is 21.2. The van der Waals surface area contributed by atoms with Gasteiger partial charge in [-0.25, -0.2) is 9.50 Å². The normalized spacial score (nSPS) is 13.4. The number of aromatic nitrogens is 3. The van der Waals surface area contributed by atoms with Gasteiger partial charge in [-0.2, -0.15) is 10.4 Å². The maximum atomic E-state index is 9.81. The van der Waals surface area contributed by atoms with E-state index in [-0.39, 0.29) is 19.6 Å². The molecule has 43 heavy (non-hydrogen) atoms. The molecule has 0 amide bonds. The summed E-state index contributed by atoms with van der Waals surface area (Å²) in [5.41, 5.74) is 10.6. The van der Waals surface area contributed by atoms with Gasteiger partial charge >= 0.3 is 0 Å². The zero-order valence-electron chi connectivity index (χ0n) is 23.9. The molecule has 9 nitrogen and oxygen atoms in total. The van der Waals surface area contributed by atoms with Gasteiger partial charge in [0, 0.05) is 0 Å². The van der Waals surface area contributed by atoms with Crippen LogP contribution in [0.4, 0.5) is 5.82 Å². The molecule has 0 aliphatic rings. The molecule has 3 aromatic carbocycles. The summed E-state index contributed by atoms with van der Waals surface area (Å²) in [5, 5.41) is 14.2. The van der Waals surface area contributed by atoms with E-state index >= 15 is 0 Å². The van der Waals surface area contributed by atoms with Gasteiger partial charge in [0.25, 0.3) is 0 Å². The highest BCUT2D eigenvalue weighted by atomic mass is 16.6. The van der Waals surface area contributed by atoms with Crippen LogP contribution in [0, 0.1) is 11.3 Å². The number of nitrogen functional groups attached to an aromatic ring is 1. The fourth-order valence-corrected chi connectivity index (χ4v) is 4.77. The molecule has 0 radical (unpaired) electrons. The predicted octanol–water partition coefficient (Wildman–Crippen LogP) is 5.50. The molecule has 0 unspecified atom stereocenters. The van der Waals surface area contributed by atoms with Crippen molar-refractivity contribution in [3.63, 3.8) is 0 Å². The number of nitrogens with zero attached hydrogens (tertiary/aromatic N) is 4. The van der Waals surface area contributed by atoms with Gasteiger partial charge < -0.3 is 24.7 Å². The van der Waals surface area contributed by atoms with E-state index in [9.17, 15) is 5.26 Å². The van der Waals surface area contributed by atoms with Crippen LogP contribution in [0.15, 0.2) is 109 Å². The number of anilines is 1. The van der Waals surface area contributed by atoms with Crippen molar-refractivity contribution in [3.05, 3.63) is 132 Å². The van der Waals surface area contributed by atoms with Gasteiger partial charge in [-0.05, 0) is 28.8 Å². The molecule has 0 bridgehead atoms. The van der Waals surface area contributed by atoms with Crippen LogP contribution < -0.4 is 5.73 Å². The van der Waals surface area contributed by atoms with Crippen molar-refractivity contribution in [2.45, 2.75) is 51.2 Å². The minimum absolute atomic E-state index is 0.114. The summed E-state index contributed by atoms with van der Waals surface area (Å²) in [6.45, 7) is 1.46. The molecule has 0 aliphatic heterocycles. The molecule has 220 valence electrons. The zero-order valence-corrected chi connectivity index (χ0v) is 23.9. The van der Waals surface area contributed by atoms with Crippen molar-refractivity contribution in [3.8, 4) is 6.07 Å². The van der Waals surface area contributed by atoms with Crippen LogP contribution in [0.3, 0.4) is 0 Å². The van der Waals surface area contributed by atoms with E-state index in [1.165, 1.54) is 6.33 Å². The summed E-state index contributed by atoms with van der Waals surface area (Å²) in [4.78, 5) is 4.07. The van der Waals surface area contributed by atoms with Gasteiger partial charge in [0.1, 0.15) is 24.1 Å². The van der Waals surface area contributed by atoms with E-state index in [2.05, 4.69) is 16.2 Å². The lowest BCUT2D eigenvalue weighted by molar-refractivity contribution is -0.167. The Balaban J connectivity index is 1.40. The highest BCUT2D eigenvalue weighted by molar-refractivity contribution is 5.65. The molecule has 0 saturated carbocycles. The summed E-state index contributed by atoms with van der Waals surface area (Å²) in [6.07, 6.45) is -0.251. The second-order valence-corrected chi connectivity index (χ2v) is 10.1. The second-order valence-electron chi connectivity index (χ2n) is 10.1. The lowest BCUT2D eigenvalue weighted by Crippen LogP contribution is -2.45. The fraction of sp³-hybridized carbons (Fsp3) is 0.265. The van der Waals surface area contributed by atoms with Crippen molar-refractivity contribution in [1.29, 1.82) is 5.26 Å². The van der Waals surface area contributed by atoms with Gasteiger partial charge in [0.15, 0.2) is 5.82 Å². The van der Waals surface area contributed by atoms with Gasteiger partial charge in [0.2, 0.25) is 0 Å². The van der Waals surface area contributed by atoms with E-state index in [1.54, 1.807) is 4.52 Å². The molecular formula is C34H35N5O4. The van der Waals surface area contributed by atoms with E-state index in [0.29, 0.717) is 31.2 Å². The SMILES string of the molecule is N#CC[C@H](OCc1ccccc1)[C@H](OCc1ccccc1)[C@@H](COCc1ccccc1)OCc1ccc2c(N)ncnn12. The lowest BCUT2D eigenvalue weighted by Gasteiger charge is -2.33. The molecular weight excluding hydrogens is 542 g/mol. The molecule has 0 spiro atoms. The highest BCUT2D eigenvalue weighted by Crippen LogP contribution is 2.22. The number of hydrogen-bond acceptors (Lipinski definition) is 8. The van der Waals surface area contributed by atoms with Crippen LogP contribution in [-0.2, 0) is 45.4 Å². The van der Waals surface area contributed by atoms with Gasteiger partial charge in [-0.3, -0.25) is 0 Å². The average molecular weight is 578 g/mol. The predicted molar refractivity (Wildman–Crippen MR) is 162 cm³/mol. The Morgan fingerprint density at radius 1 is 0.698 bits per heavy atom. The first kappa shape index (κ1) is 29.9. The minimum Gasteiger partial charge on any atom is -0.382 e. The topological polar surface area (TPSA) is 117 Å². The van der Waals surface area contributed by atoms with Crippen molar-refractivity contribution in [2.24, 2.45) is 0 Å². The van der Waals surface area contributed by atoms with E-state index in [4.69, 9.17) is 24.7 Å². The minimum atomic E-state index is -0.620. The number of hydrogen-bond donors (Lipinski definition) is 1. The number of fused-ring (bicyclic) bond motifs is 1. The first-order valence-corrected chi connectivity index (χ1v) is 14.2. The third-order valence-corrected chi connectivity index (χ3v) is 7.02. The number of benzene rings is 3. The van der Waals surface area contributed by atoms with Crippen LogP contribution in [0.25, 0.3) is 5.52 Å². The second kappa shape index (κ2) is 15.6. The average Bonchev–Trinajstić information content (AvgIpc) is 3.48. The molecule has 5 aromatic rings. The van der Waals surface area contributed by atoms with Gasteiger partial charge in [-0.15, -0.1) is 0 Å². The summed E-state index contributed by atoms with van der Waals surface area (Å²) in [5.74, 6) is 0.386. The number of nitrogens with two attached hydrogens (primary N) is 1. The summed E-state index contributed by atoms with van der Waals surface area (Å²) >= 11 is 0. The Morgan fingerprint density at radius 2 is 1.28 bits per heavy atom. The number of ether oxygens (including phenoxy) is 4. The fourth-order valence-electron chi connectivity index (χ4n) is 4.77. The largest absolute Gasteiger partial charge is 0.382 e. The third kappa shape index (κ3) is 8.47. The Labute approximate surface area is 251 Å². The monoisotopic (exact) mass is 577 g/mol. The molecule has 0 aliphatic carbocycles. The lowest BCUT2D eigenvalue weighted by atomic mass is 10.0. The Hall–Kier alpha value is -4.59. The van der Waals surface area contributed by atoms with Crippen LogP contribution >= 0.6 is 0 Å². The first-order valence-electron chi connectivity index (χ1n) is 14.2. The maximum Gasteiger partial charge on any atom is 0.151 e. The van der Waals surface area contributed by atoms with Crippen LogP contribution in [0.1, 0.15) is 28.8 Å².